The van der Waals surface area contributed by atoms with Crippen LogP contribution in [0.3, 0.4) is 0 Å². The summed E-state index contributed by atoms with van der Waals surface area (Å²) in [4.78, 5) is 49.1. The summed E-state index contributed by atoms with van der Waals surface area (Å²) in [5, 5.41) is 8.44. The molecule has 1 fully saturated rings. The zero-order valence-electron chi connectivity index (χ0n) is 20.8. The molecule has 4 amide bonds. The number of piperidine rings is 1. The number of anilines is 1. The minimum Gasteiger partial charge on any atom is -0.379 e. The smallest absolute Gasteiger partial charge is 0.253 e. The molecular weight excluding hydrogens is 468 g/mol. The molecule has 11 heteroatoms. The van der Waals surface area contributed by atoms with Crippen LogP contribution in [0.4, 0.5) is 5.69 Å². The molecule has 0 unspecified atom stereocenters. The first-order valence-corrected chi connectivity index (χ1v) is 12.4. The van der Waals surface area contributed by atoms with Crippen LogP contribution in [-0.2, 0) is 35.0 Å². The zero-order chi connectivity index (χ0) is 25.8. The van der Waals surface area contributed by atoms with Gasteiger partial charge in [-0.25, -0.2) is 0 Å². The Labute approximate surface area is 211 Å². The van der Waals surface area contributed by atoms with E-state index >= 15 is 0 Å². The van der Waals surface area contributed by atoms with E-state index in [1.54, 1.807) is 17.0 Å². The van der Waals surface area contributed by atoms with Gasteiger partial charge in [0.05, 0.1) is 46.1 Å². The van der Waals surface area contributed by atoms with Crippen LogP contribution >= 0.6 is 0 Å². The van der Waals surface area contributed by atoms with Gasteiger partial charge in [0.2, 0.25) is 17.7 Å². The first kappa shape index (κ1) is 27.6. The van der Waals surface area contributed by atoms with Gasteiger partial charge in [0.15, 0.2) is 0 Å². The fourth-order valence-corrected chi connectivity index (χ4v) is 4.06. The zero-order valence-corrected chi connectivity index (χ0v) is 20.8. The predicted octanol–water partition coefficient (Wildman–Crippen LogP) is 0.478. The van der Waals surface area contributed by atoms with Gasteiger partial charge in [0, 0.05) is 50.3 Å². The molecule has 0 saturated carbocycles. The molecule has 2 aliphatic heterocycles. The van der Waals surface area contributed by atoms with E-state index < -0.39 is 0 Å². The topological polar surface area (TPSA) is 135 Å². The molecular formula is C25H36N4O7. The molecule has 2 heterocycles. The van der Waals surface area contributed by atoms with Crippen molar-refractivity contribution in [3.05, 3.63) is 29.3 Å². The summed E-state index contributed by atoms with van der Waals surface area (Å²) in [5.74, 6) is -0.260. The molecule has 198 valence electrons. The van der Waals surface area contributed by atoms with Gasteiger partial charge >= 0.3 is 0 Å². The second kappa shape index (κ2) is 14.5. The number of nitrogens with zero attached hydrogens (tertiary/aromatic N) is 1. The molecule has 3 rings (SSSR count). The van der Waals surface area contributed by atoms with Gasteiger partial charge in [0.1, 0.15) is 0 Å². The van der Waals surface area contributed by atoms with Crippen LogP contribution in [0.1, 0.15) is 42.1 Å². The Morgan fingerprint density at radius 3 is 2.36 bits per heavy atom. The maximum atomic E-state index is 12.8. The molecule has 0 spiro atoms. The average Bonchev–Trinajstić information content (AvgIpc) is 3.23. The summed E-state index contributed by atoms with van der Waals surface area (Å²) < 4.78 is 16.1. The standard InChI is InChI=1S/C25H36N4O7/c1-18(30)26-7-11-35-13-15-36-14-12-34-10-6-23(31)27-21-4-8-29(9-5-21)25(33)20-3-2-19-17-24(32)28-22(19)16-20/h2-3,16,21H,4-15,17H2,1H3,(H,26,30)(H,27,31)(H,28,32). The number of likely N-dealkylation sites (tertiary alicyclic amines) is 1. The lowest BCUT2D eigenvalue weighted by atomic mass is 10.0. The predicted molar refractivity (Wildman–Crippen MR) is 132 cm³/mol. The molecule has 0 atom stereocenters. The maximum Gasteiger partial charge on any atom is 0.253 e. The van der Waals surface area contributed by atoms with Crippen molar-refractivity contribution in [2.24, 2.45) is 0 Å². The third-order valence-corrected chi connectivity index (χ3v) is 5.97. The molecule has 11 nitrogen and oxygen atoms in total. The van der Waals surface area contributed by atoms with Crippen molar-refractivity contribution in [3.63, 3.8) is 0 Å². The SMILES string of the molecule is CC(=O)NCCOCCOCCOCCC(=O)NC1CCN(C(=O)c2ccc3c(c2)NC(=O)C3)CC1. The van der Waals surface area contributed by atoms with Gasteiger partial charge in [-0.2, -0.15) is 0 Å². The number of ether oxygens (including phenoxy) is 3. The molecule has 2 aliphatic rings. The molecule has 3 N–H and O–H groups in total. The summed E-state index contributed by atoms with van der Waals surface area (Å²) in [6.07, 6.45) is 2.01. The highest BCUT2D eigenvalue weighted by molar-refractivity contribution is 6.02. The third kappa shape index (κ3) is 9.21. The minimum absolute atomic E-state index is 0.0369. The van der Waals surface area contributed by atoms with Gasteiger partial charge in [-0.15, -0.1) is 0 Å². The highest BCUT2D eigenvalue weighted by Gasteiger charge is 2.26. The number of benzene rings is 1. The Bertz CT molecular complexity index is 916. The normalized spacial score (nSPS) is 15.4. The van der Waals surface area contributed by atoms with Crippen molar-refractivity contribution in [1.82, 2.24) is 15.5 Å². The van der Waals surface area contributed by atoms with E-state index in [0.717, 1.165) is 5.56 Å². The number of rotatable bonds is 14. The second-order valence-electron chi connectivity index (χ2n) is 8.80. The van der Waals surface area contributed by atoms with Gasteiger partial charge in [0.25, 0.3) is 5.91 Å². The van der Waals surface area contributed by atoms with Crippen molar-refractivity contribution >= 4 is 29.3 Å². The van der Waals surface area contributed by atoms with Gasteiger partial charge in [-0.3, -0.25) is 19.2 Å². The summed E-state index contributed by atoms with van der Waals surface area (Å²) in [6, 6.07) is 5.38. The van der Waals surface area contributed by atoms with Crippen molar-refractivity contribution in [3.8, 4) is 0 Å². The Balaban J connectivity index is 1.20. The van der Waals surface area contributed by atoms with Crippen LogP contribution in [0.25, 0.3) is 0 Å². The van der Waals surface area contributed by atoms with Crippen LogP contribution in [0.5, 0.6) is 0 Å². The molecule has 1 saturated heterocycles. The number of carbonyl (C=O) groups is 4. The van der Waals surface area contributed by atoms with E-state index in [0.29, 0.717) is 89.8 Å². The van der Waals surface area contributed by atoms with E-state index in [4.69, 9.17) is 14.2 Å². The molecule has 0 radical (unpaired) electrons. The van der Waals surface area contributed by atoms with Gasteiger partial charge in [-0.05, 0) is 30.5 Å². The molecule has 1 aromatic rings. The van der Waals surface area contributed by atoms with E-state index in [1.165, 1.54) is 6.92 Å². The number of hydrogen-bond donors (Lipinski definition) is 3. The Kier molecular flexibility index (Phi) is 11.1. The number of carbonyl (C=O) groups excluding carboxylic acids is 4. The summed E-state index contributed by atoms with van der Waals surface area (Å²) in [5.41, 5.74) is 2.19. The minimum atomic E-state index is -0.0806. The highest BCUT2D eigenvalue weighted by Crippen LogP contribution is 2.25. The van der Waals surface area contributed by atoms with Crippen LogP contribution < -0.4 is 16.0 Å². The van der Waals surface area contributed by atoms with E-state index in [2.05, 4.69) is 16.0 Å². The lowest BCUT2D eigenvalue weighted by Crippen LogP contribution is -2.46. The van der Waals surface area contributed by atoms with Crippen LogP contribution in [0.2, 0.25) is 0 Å². The Morgan fingerprint density at radius 1 is 1.00 bits per heavy atom. The van der Waals surface area contributed by atoms with E-state index in [-0.39, 0.29) is 36.1 Å². The van der Waals surface area contributed by atoms with Crippen LogP contribution in [0, 0.1) is 0 Å². The van der Waals surface area contributed by atoms with Crippen LogP contribution in [0.15, 0.2) is 18.2 Å². The third-order valence-electron chi connectivity index (χ3n) is 5.97. The first-order valence-electron chi connectivity index (χ1n) is 12.4. The van der Waals surface area contributed by atoms with Gasteiger partial charge < -0.3 is 35.1 Å². The Hall–Kier alpha value is -3.02. The van der Waals surface area contributed by atoms with Crippen molar-refractivity contribution < 1.29 is 33.4 Å². The molecule has 36 heavy (non-hydrogen) atoms. The van der Waals surface area contributed by atoms with Crippen LogP contribution in [-0.4, -0.2) is 93.8 Å². The number of nitrogens with one attached hydrogen (secondary N) is 3. The van der Waals surface area contributed by atoms with E-state index in [1.807, 2.05) is 6.07 Å². The highest BCUT2D eigenvalue weighted by atomic mass is 16.5. The monoisotopic (exact) mass is 504 g/mol. The van der Waals surface area contributed by atoms with E-state index in [9.17, 15) is 19.2 Å². The first-order chi connectivity index (χ1) is 17.4. The largest absolute Gasteiger partial charge is 0.379 e. The lowest BCUT2D eigenvalue weighted by molar-refractivity contribution is -0.123. The lowest BCUT2D eigenvalue weighted by Gasteiger charge is -2.32. The number of fused-ring (bicyclic) bond motifs is 1. The van der Waals surface area contributed by atoms with Crippen molar-refractivity contribution in [2.75, 3.05) is 64.6 Å². The second-order valence-corrected chi connectivity index (χ2v) is 8.80. The quantitative estimate of drug-likeness (QED) is 0.314. The number of hydrogen-bond acceptors (Lipinski definition) is 7. The average molecular weight is 505 g/mol. The van der Waals surface area contributed by atoms with Crippen molar-refractivity contribution in [2.45, 2.75) is 38.6 Å². The fourth-order valence-electron chi connectivity index (χ4n) is 4.06. The summed E-state index contributed by atoms with van der Waals surface area (Å²) in [6.45, 7) is 5.53. The summed E-state index contributed by atoms with van der Waals surface area (Å²) >= 11 is 0. The molecule has 0 aromatic heterocycles. The maximum absolute atomic E-state index is 12.8. The summed E-state index contributed by atoms with van der Waals surface area (Å²) in [7, 11) is 0. The molecule has 0 aliphatic carbocycles. The number of amides is 4. The van der Waals surface area contributed by atoms with Gasteiger partial charge in [-0.1, -0.05) is 6.07 Å². The molecule has 1 aromatic carbocycles. The van der Waals surface area contributed by atoms with Crippen molar-refractivity contribution in [1.29, 1.82) is 0 Å². The fraction of sp³-hybridized carbons (Fsp3) is 0.600. The molecule has 0 bridgehead atoms. The Morgan fingerprint density at radius 2 is 1.67 bits per heavy atom.